The van der Waals surface area contributed by atoms with Crippen LogP contribution in [0.25, 0.3) is 10.8 Å². The summed E-state index contributed by atoms with van der Waals surface area (Å²) in [6.45, 7) is 4.72. The van der Waals surface area contributed by atoms with Crippen LogP contribution in [0.2, 0.25) is 5.02 Å². The Morgan fingerprint density at radius 1 is 1.06 bits per heavy atom. The first-order valence-corrected chi connectivity index (χ1v) is 11.9. The third-order valence-electron chi connectivity index (χ3n) is 6.24. The van der Waals surface area contributed by atoms with Crippen LogP contribution in [-0.2, 0) is 16.1 Å². The van der Waals surface area contributed by atoms with Crippen molar-refractivity contribution in [2.45, 2.75) is 39.3 Å². The molecule has 3 aromatic rings. The highest BCUT2D eigenvalue weighted by atomic mass is 35.5. The largest absolute Gasteiger partial charge is 0.355 e. The Morgan fingerprint density at radius 2 is 1.79 bits per heavy atom. The molecule has 0 fully saturated rings. The van der Waals surface area contributed by atoms with Crippen molar-refractivity contribution in [3.63, 3.8) is 0 Å². The van der Waals surface area contributed by atoms with E-state index in [2.05, 4.69) is 5.32 Å². The molecule has 0 aromatic heterocycles. The van der Waals surface area contributed by atoms with Gasteiger partial charge in [0.2, 0.25) is 11.8 Å². The van der Waals surface area contributed by atoms with Gasteiger partial charge in [-0.15, -0.1) is 0 Å². The molecule has 1 aliphatic heterocycles. The fourth-order valence-corrected chi connectivity index (χ4v) is 4.64. The summed E-state index contributed by atoms with van der Waals surface area (Å²) in [5.41, 5.74) is 2.37. The fourth-order valence-electron chi connectivity index (χ4n) is 4.45. The fraction of sp³-hybridized carbons (Fsp3) is 0.296. The van der Waals surface area contributed by atoms with E-state index in [-0.39, 0.29) is 30.7 Å². The van der Waals surface area contributed by atoms with E-state index in [0.29, 0.717) is 30.1 Å². The standard InChI is InChI=1S/C27H28ClN3O3/c1-3-29-26(33)18(2)31(17-20-9-4-5-13-22(20)28)24(32)15-8-16-30-23-14-7-11-19-10-6-12-21(25(19)23)27(30)34/h4-7,9-14,18H,3,8,15-17H2,1-2H3,(H,29,33). The molecular formula is C27H28ClN3O3. The molecule has 1 unspecified atom stereocenters. The van der Waals surface area contributed by atoms with Crippen molar-refractivity contribution in [1.82, 2.24) is 10.2 Å². The minimum absolute atomic E-state index is 0.0390. The maximum atomic E-state index is 13.3. The summed E-state index contributed by atoms with van der Waals surface area (Å²) in [7, 11) is 0. The zero-order valence-electron chi connectivity index (χ0n) is 19.4. The Hall–Kier alpha value is -3.38. The van der Waals surface area contributed by atoms with Gasteiger partial charge in [0, 0.05) is 42.0 Å². The molecule has 1 heterocycles. The van der Waals surface area contributed by atoms with Gasteiger partial charge in [-0.05, 0) is 49.4 Å². The van der Waals surface area contributed by atoms with Crippen LogP contribution in [0.15, 0.2) is 60.7 Å². The summed E-state index contributed by atoms with van der Waals surface area (Å²) in [6, 6.07) is 18.3. The van der Waals surface area contributed by atoms with Gasteiger partial charge < -0.3 is 15.1 Å². The Morgan fingerprint density at radius 3 is 2.53 bits per heavy atom. The normalized spacial score (nSPS) is 13.3. The van der Waals surface area contributed by atoms with Gasteiger partial charge in [0.15, 0.2) is 0 Å². The van der Waals surface area contributed by atoms with Crippen molar-refractivity contribution < 1.29 is 14.4 Å². The number of likely N-dealkylation sites (N-methyl/N-ethyl adjacent to an activating group) is 1. The zero-order chi connectivity index (χ0) is 24.2. The number of nitrogens with one attached hydrogen (secondary N) is 1. The van der Waals surface area contributed by atoms with Gasteiger partial charge in [-0.25, -0.2) is 0 Å². The molecular weight excluding hydrogens is 450 g/mol. The van der Waals surface area contributed by atoms with Gasteiger partial charge in [-0.1, -0.05) is 54.1 Å². The number of carbonyl (C=O) groups is 3. The Bertz CT molecular complexity index is 1240. The van der Waals surface area contributed by atoms with Crippen molar-refractivity contribution in [3.8, 4) is 0 Å². The molecule has 0 spiro atoms. The molecule has 1 aliphatic rings. The van der Waals surface area contributed by atoms with Crippen LogP contribution in [0.3, 0.4) is 0 Å². The summed E-state index contributed by atoms with van der Waals surface area (Å²) >= 11 is 6.32. The minimum atomic E-state index is -0.643. The van der Waals surface area contributed by atoms with E-state index in [9.17, 15) is 14.4 Å². The molecule has 0 saturated heterocycles. The number of anilines is 1. The molecule has 7 heteroatoms. The van der Waals surface area contributed by atoms with E-state index in [1.807, 2.05) is 61.5 Å². The average Bonchev–Trinajstić information content (AvgIpc) is 3.11. The summed E-state index contributed by atoms with van der Waals surface area (Å²) in [5.74, 6) is -0.399. The van der Waals surface area contributed by atoms with Gasteiger partial charge in [0.1, 0.15) is 6.04 Å². The zero-order valence-corrected chi connectivity index (χ0v) is 20.1. The number of amides is 3. The van der Waals surface area contributed by atoms with Crippen molar-refractivity contribution in [2.75, 3.05) is 18.0 Å². The lowest BCUT2D eigenvalue weighted by atomic mass is 10.1. The lowest BCUT2D eigenvalue weighted by Gasteiger charge is -2.29. The molecule has 176 valence electrons. The summed E-state index contributed by atoms with van der Waals surface area (Å²) < 4.78 is 0. The van der Waals surface area contributed by atoms with Crippen LogP contribution in [0, 0.1) is 0 Å². The third-order valence-corrected chi connectivity index (χ3v) is 6.61. The number of hydrogen-bond donors (Lipinski definition) is 1. The van der Waals surface area contributed by atoms with E-state index >= 15 is 0 Å². The SMILES string of the molecule is CCNC(=O)C(C)N(Cc1ccccc1Cl)C(=O)CCCN1C(=O)c2cccc3cccc1c23. The molecule has 0 radical (unpaired) electrons. The summed E-state index contributed by atoms with van der Waals surface area (Å²) in [4.78, 5) is 42.1. The predicted octanol–water partition coefficient (Wildman–Crippen LogP) is 4.79. The first-order valence-electron chi connectivity index (χ1n) is 11.6. The highest BCUT2D eigenvalue weighted by Crippen LogP contribution is 2.37. The lowest BCUT2D eigenvalue weighted by molar-refractivity contribution is -0.140. The first-order chi connectivity index (χ1) is 16.4. The van der Waals surface area contributed by atoms with Crippen LogP contribution in [-0.4, -0.2) is 41.8 Å². The van der Waals surface area contributed by atoms with Gasteiger partial charge in [-0.2, -0.15) is 0 Å². The Kier molecular flexibility index (Phi) is 7.17. The molecule has 4 rings (SSSR count). The number of carbonyl (C=O) groups excluding carboxylic acids is 3. The van der Waals surface area contributed by atoms with Crippen molar-refractivity contribution in [1.29, 1.82) is 0 Å². The Labute approximate surface area is 204 Å². The van der Waals surface area contributed by atoms with Crippen LogP contribution >= 0.6 is 11.6 Å². The second-order valence-corrected chi connectivity index (χ2v) is 8.83. The summed E-state index contributed by atoms with van der Waals surface area (Å²) in [5, 5.41) is 5.34. The monoisotopic (exact) mass is 477 g/mol. The Balaban J connectivity index is 1.47. The van der Waals surface area contributed by atoms with Crippen LogP contribution in [0.4, 0.5) is 5.69 Å². The van der Waals surface area contributed by atoms with Gasteiger partial charge in [0.05, 0.1) is 5.69 Å². The molecule has 6 nitrogen and oxygen atoms in total. The van der Waals surface area contributed by atoms with Crippen molar-refractivity contribution in [2.24, 2.45) is 0 Å². The van der Waals surface area contributed by atoms with Gasteiger partial charge in [-0.3, -0.25) is 14.4 Å². The molecule has 3 amide bonds. The lowest BCUT2D eigenvalue weighted by Crippen LogP contribution is -2.47. The van der Waals surface area contributed by atoms with Gasteiger partial charge in [0.25, 0.3) is 5.91 Å². The number of nitrogens with zero attached hydrogens (tertiary/aromatic N) is 2. The van der Waals surface area contributed by atoms with E-state index in [1.165, 1.54) is 0 Å². The maximum Gasteiger partial charge on any atom is 0.258 e. The topological polar surface area (TPSA) is 69.7 Å². The van der Waals surface area contributed by atoms with Crippen LogP contribution in [0.1, 0.15) is 42.6 Å². The van der Waals surface area contributed by atoms with Crippen LogP contribution in [0.5, 0.6) is 0 Å². The molecule has 1 N–H and O–H groups in total. The van der Waals surface area contributed by atoms with E-state index in [4.69, 9.17) is 11.6 Å². The average molecular weight is 478 g/mol. The molecule has 0 aliphatic carbocycles. The predicted molar refractivity (Wildman–Crippen MR) is 135 cm³/mol. The van der Waals surface area contributed by atoms with Crippen LogP contribution < -0.4 is 10.2 Å². The molecule has 0 bridgehead atoms. The molecule has 3 aromatic carbocycles. The van der Waals surface area contributed by atoms with Crippen molar-refractivity contribution >= 4 is 45.8 Å². The summed E-state index contributed by atoms with van der Waals surface area (Å²) in [6.07, 6.45) is 0.695. The second kappa shape index (κ2) is 10.3. The second-order valence-electron chi connectivity index (χ2n) is 8.42. The molecule has 1 atom stereocenters. The van der Waals surface area contributed by atoms with E-state index in [1.54, 1.807) is 22.8 Å². The van der Waals surface area contributed by atoms with Gasteiger partial charge >= 0.3 is 0 Å². The smallest absolute Gasteiger partial charge is 0.258 e. The van der Waals surface area contributed by atoms with E-state index < -0.39 is 6.04 Å². The van der Waals surface area contributed by atoms with E-state index in [0.717, 1.165) is 22.0 Å². The molecule has 34 heavy (non-hydrogen) atoms. The first kappa shape index (κ1) is 23.8. The van der Waals surface area contributed by atoms with Crippen molar-refractivity contribution in [3.05, 3.63) is 76.8 Å². The number of rotatable bonds is 9. The molecule has 0 saturated carbocycles. The minimum Gasteiger partial charge on any atom is -0.355 e. The number of benzene rings is 3. The maximum absolute atomic E-state index is 13.3. The highest BCUT2D eigenvalue weighted by molar-refractivity contribution is 6.31. The third kappa shape index (κ3) is 4.64. The highest BCUT2D eigenvalue weighted by Gasteiger charge is 2.30. The number of halogens is 1. The number of hydrogen-bond acceptors (Lipinski definition) is 3. The quantitative estimate of drug-likeness (QED) is 0.482.